The molecule has 3 heterocycles. The summed E-state index contributed by atoms with van der Waals surface area (Å²) in [5.41, 5.74) is 4.89. The fraction of sp³-hybridized carbons (Fsp3) is 0.219. The number of benzene rings is 3. The van der Waals surface area contributed by atoms with Gasteiger partial charge in [-0.3, -0.25) is 9.59 Å². The number of hydrogen-bond donors (Lipinski definition) is 1. The van der Waals surface area contributed by atoms with Gasteiger partial charge in [-0.25, -0.2) is 14.4 Å². The summed E-state index contributed by atoms with van der Waals surface area (Å²) in [6.45, 7) is 2.03. The van der Waals surface area contributed by atoms with Gasteiger partial charge in [0.2, 0.25) is 11.9 Å². The first-order valence-corrected chi connectivity index (χ1v) is 13.6. The van der Waals surface area contributed by atoms with Crippen molar-refractivity contribution in [1.29, 1.82) is 5.26 Å². The van der Waals surface area contributed by atoms with Gasteiger partial charge in [0.1, 0.15) is 11.9 Å². The number of halogens is 1. The molecule has 2 aliphatic heterocycles. The maximum Gasteiger partial charge on any atom is 0.253 e. The summed E-state index contributed by atoms with van der Waals surface area (Å²) in [7, 11) is 0. The van der Waals surface area contributed by atoms with Crippen molar-refractivity contribution in [2.75, 3.05) is 29.9 Å². The van der Waals surface area contributed by atoms with Crippen LogP contribution < -0.4 is 10.2 Å². The molecule has 0 spiro atoms. The van der Waals surface area contributed by atoms with Crippen molar-refractivity contribution in [3.8, 4) is 17.3 Å². The Hall–Kier alpha value is -5.10. The molecule has 0 bridgehead atoms. The lowest BCUT2D eigenvalue weighted by molar-refractivity contribution is -0.117. The minimum Gasteiger partial charge on any atom is -0.339 e. The van der Waals surface area contributed by atoms with E-state index in [-0.39, 0.29) is 18.2 Å². The SMILES string of the molecule is N#Cc1cc(-c2ccnc(Nc3ccc(C(=O)N4CCCC4)cc3)n2)cc2c1N(C(=O)Cc1ccccc1F)CC2. The zero-order chi connectivity index (χ0) is 28.3. The van der Waals surface area contributed by atoms with Crippen LogP contribution in [0.15, 0.2) is 72.9 Å². The molecule has 8 nitrogen and oxygen atoms in total. The number of hydrogen-bond acceptors (Lipinski definition) is 6. The number of carbonyl (C=O) groups excluding carboxylic acids is 2. The minimum absolute atomic E-state index is 0.0460. The van der Waals surface area contributed by atoms with Gasteiger partial charge >= 0.3 is 0 Å². The first-order chi connectivity index (χ1) is 20.0. The van der Waals surface area contributed by atoms with Gasteiger partial charge in [0.05, 0.1) is 23.4 Å². The standard InChI is InChI=1S/C32H27FN6O2/c33-27-6-2-1-5-22(27)19-29(40)39-16-12-23-17-24(18-25(20-34)30(23)39)28-11-13-35-32(37-28)36-26-9-7-21(8-10-26)31(41)38-14-3-4-15-38/h1-2,5-11,13,17-18H,3-4,12,14-16,19H2,(H,35,36,37). The van der Waals surface area contributed by atoms with Gasteiger partial charge in [0.15, 0.2) is 0 Å². The summed E-state index contributed by atoms with van der Waals surface area (Å²) in [5.74, 6) is -0.248. The van der Waals surface area contributed by atoms with Crippen LogP contribution in [0.5, 0.6) is 0 Å². The second-order valence-corrected chi connectivity index (χ2v) is 10.2. The van der Waals surface area contributed by atoms with Crippen LogP contribution in [0.2, 0.25) is 0 Å². The van der Waals surface area contributed by atoms with E-state index in [1.807, 2.05) is 23.1 Å². The molecule has 41 heavy (non-hydrogen) atoms. The Balaban J connectivity index is 1.20. The molecule has 2 aliphatic rings. The Labute approximate surface area is 237 Å². The zero-order valence-corrected chi connectivity index (χ0v) is 22.3. The number of nitriles is 1. The summed E-state index contributed by atoms with van der Waals surface area (Å²) in [5, 5.41) is 13.2. The van der Waals surface area contributed by atoms with Crippen LogP contribution in [0.1, 0.15) is 39.9 Å². The molecule has 9 heteroatoms. The van der Waals surface area contributed by atoms with E-state index < -0.39 is 5.82 Å². The highest BCUT2D eigenvalue weighted by Crippen LogP contribution is 2.36. The van der Waals surface area contributed by atoms with Crippen LogP contribution in [-0.4, -0.2) is 46.3 Å². The van der Waals surface area contributed by atoms with E-state index in [9.17, 15) is 19.2 Å². The molecule has 6 rings (SSSR count). The number of nitrogens with zero attached hydrogens (tertiary/aromatic N) is 5. The molecular formula is C32H27FN6O2. The van der Waals surface area contributed by atoms with E-state index >= 15 is 0 Å². The van der Waals surface area contributed by atoms with Crippen molar-refractivity contribution in [1.82, 2.24) is 14.9 Å². The van der Waals surface area contributed by atoms with E-state index in [2.05, 4.69) is 21.4 Å². The maximum absolute atomic E-state index is 14.1. The van der Waals surface area contributed by atoms with E-state index in [1.54, 1.807) is 53.6 Å². The van der Waals surface area contributed by atoms with E-state index in [0.717, 1.165) is 42.7 Å². The predicted octanol–water partition coefficient (Wildman–Crippen LogP) is 5.27. The number of rotatable bonds is 6. The number of carbonyl (C=O) groups is 2. The largest absolute Gasteiger partial charge is 0.339 e. The monoisotopic (exact) mass is 546 g/mol. The molecule has 4 aromatic rings. The van der Waals surface area contributed by atoms with E-state index in [1.165, 1.54) is 6.07 Å². The molecule has 1 saturated heterocycles. The predicted molar refractivity (Wildman–Crippen MR) is 153 cm³/mol. The number of nitrogens with one attached hydrogen (secondary N) is 1. The normalized spacial score (nSPS) is 14.0. The Morgan fingerprint density at radius 1 is 1.00 bits per heavy atom. The smallest absolute Gasteiger partial charge is 0.253 e. The molecule has 3 aromatic carbocycles. The van der Waals surface area contributed by atoms with Crippen molar-refractivity contribution < 1.29 is 14.0 Å². The van der Waals surface area contributed by atoms with Crippen molar-refractivity contribution in [2.45, 2.75) is 25.7 Å². The van der Waals surface area contributed by atoms with E-state index in [0.29, 0.717) is 47.0 Å². The summed E-state index contributed by atoms with van der Waals surface area (Å²) in [6.07, 6.45) is 4.24. The molecule has 204 valence electrons. The Morgan fingerprint density at radius 2 is 1.78 bits per heavy atom. The number of amides is 2. The summed E-state index contributed by atoms with van der Waals surface area (Å²) in [6, 6.07) is 21.1. The minimum atomic E-state index is -0.421. The molecule has 0 radical (unpaired) electrons. The van der Waals surface area contributed by atoms with Gasteiger partial charge in [-0.2, -0.15) is 5.26 Å². The topological polar surface area (TPSA) is 102 Å². The van der Waals surface area contributed by atoms with Gasteiger partial charge in [0.25, 0.3) is 5.91 Å². The fourth-order valence-electron chi connectivity index (χ4n) is 5.44. The molecule has 0 saturated carbocycles. The molecular weight excluding hydrogens is 519 g/mol. The zero-order valence-electron chi connectivity index (χ0n) is 22.3. The third-order valence-electron chi connectivity index (χ3n) is 7.52. The highest BCUT2D eigenvalue weighted by atomic mass is 19.1. The molecule has 1 fully saturated rings. The Kier molecular flexibility index (Phi) is 7.13. The van der Waals surface area contributed by atoms with Crippen molar-refractivity contribution in [3.63, 3.8) is 0 Å². The lowest BCUT2D eigenvalue weighted by Crippen LogP contribution is -2.31. The van der Waals surface area contributed by atoms with Crippen LogP contribution in [0, 0.1) is 17.1 Å². The van der Waals surface area contributed by atoms with Gasteiger partial charge in [-0.1, -0.05) is 18.2 Å². The first kappa shape index (κ1) is 26.1. The first-order valence-electron chi connectivity index (χ1n) is 13.6. The van der Waals surface area contributed by atoms with E-state index in [4.69, 9.17) is 0 Å². The number of aromatic nitrogens is 2. The van der Waals surface area contributed by atoms with Crippen LogP contribution in [0.3, 0.4) is 0 Å². The van der Waals surface area contributed by atoms with Gasteiger partial charge in [-0.05, 0) is 78.9 Å². The van der Waals surface area contributed by atoms with Gasteiger partial charge < -0.3 is 15.1 Å². The molecule has 1 aromatic heterocycles. The highest BCUT2D eigenvalue weighted by molar-refractivity contribution is 5.99. The molecule has 0 aliphatic carbocycles. The van der Waals surface area contributed by atoms with Gasteiger partial charge in [0, 0.05) is 42.6 Å². The third-order valence-corrected chi connectivity index (χ3v) is 7.52. The number of likely N-dealkylation sites (tertiary alicyclic amines) is 1. The number of fused-ring (bicyclic) bond motifs is 1. The quantitative estimate of drug-likeness (QED) is 0.354. The van der Waals surface area contributed by atoms with Crippen molar-refractivity contribution in [2.24, 2.45) is 0 Å². The summed E-state index contributed by atoms with van der Waals surface area (Å²) in [4.78, 5) is 38.2. The fourth-order valence-corrected chi connectivity index (χ4v) is 5.44. The second-order valence-electron chi connectivity index (χ2n) is 10.2. The molecule has 0 unspecified atom stereocenters. The average Bonchev–Trinajstić information content (AvgIpc) is 3.69. The third kappa shape index (κ3) is 5.37. The van der Waals surface area contributed by atoms with Gasteiger partial charge in [-0.15, -0.1) is 0 Å². The molecule has 0 atom stereocenters. The highest BCUT2D eigenvalue weighted by Gasteiger charge is 2.29. The van der Waals surface area contributed by atoms with Crippen molar-refractivity contribution >= 4 is 29.1 Å². The molecule has 1 N–H and O–H groups in total. The maximum atomic E-state index is 14.1. The van der Waals surface area contributed by atoms with Crippen LogP contribution in [0.4, 0.5) is 21.7 Å². The lowest BCUT2D eigenvalue weighted by atomic mass is 10.0. The summed E-state index contributed by atoms with van der Waals surface area (Å²) < 4.78 is 14.1. The number of anilines is 3. The second kappa shape index (κ2) is 11.2. The lowest BCUT2D eigenvalue weighted by Gasteiger charge is -2.19. The Bertz CT molecular complexity index is 1670. The average molecular weight is 547 g/mol. The Morgan fingerprint density at radius 3 is 2.54 bits per heavy atom. The van der Waals surface area contributed by atoms with Crippen molar-refractivity contribution in [3.05, 3.63) is 101 Å². The molecule has 2 amide bonds. The van der Waals surface area contributed by atoms with Crippen LogP contribution >= 0.6 is 0 Å². The summed E-state index contributed by atoms with van der Waals surface area (Å²) >= 11 is 0. The van der Waals surface area contributed by atoms with Crippen LogP contribution in [0.25, 0.3) is 11.3 Å². The van der Waals surface area contributed by atoms with Crippen LogP contribution in [-0.2, 0) is 17.6 Å².